The molecule has 1 aliphatic rings. The largest absolute Gasteiger partial charge is 0.340 e. The van der Waals surface area contributed by atoms with Gasteiger partial charge in [0.25, 0.3) is 0 Å². The van der Waals surface area contributed by atoms with Crippen LogP contribution >= 0.6 is 22.5 Å². The molecule has 1 heterocycles. The van der Waals surface area contributed by atoms with Gasteiger partial charge in [-0.2, -0.15) is 0 Å². The van der Waals surface area contributed by atoms with E-state index in [1.165, 1.54) is 10.8 Å². The molecule has 0 bridgehead atoms. The van der Waals surface area contributed by atoms with E-state index in [1.807, 2.05) is 11.8 Å². The molecule has 14 heavy (non-hydrogen) atoms. The molecule has 3 nitrogen and oxygen atoms in total. The smallest absolute Gasteiger partial charge is 0.236 e. The first-order chi connectivity index (χ1) is 6.56. The van der Waals surface area contributed by atoms with Crippen molar-refractivity contribution >= 4 is 28.4 Å². The maximum atomic E-state index is 11.8. The Morgan fingerprint density at radius 2 is 2.29 bits per heavy atom. The van der Waals surface area contributed by atoms with E-state index in [2.05, 4.69) is 30.7 Å². The first-order valence-corrected chi connectivity index (χ1v) is 6.75. The molecule has 2 atom stereocenters. The van der Waals surface area contributed by atoms with Gasteiger partial charge >= 0.3 is 0 Å². The minimum atomic E-state index is -0.0285. The van der Waals surface area contributed by atoms with Crippen LogP contribution in [0.4, 0.5) is 0 Å². The van der Waals surface area contributed by atoms with Crippen LogP contribution in [0.1, 0.15) is 13.3 Å². The predicted octanol–water partition coefficient (Wildman–Crippen LogP) is 1.12. The molecule has 0 aliphatic carbocycles. The van der Waals surface area contributed by atoms with Crippen LogP contribution in [0.15, 0.2) is 0 Å². The number of likely N-dealkylation sites (N-methyl/N-ethyl adjacent to an activating group) is 1. The number of hydrogen-bond acceptors (Lipinski definition) is 4. The third-order valence-electron chi connectivity index (χ3n) is 2.71. The molecule has 0 N–H and O–H groups in total. The van der Waals surface area contributed by atoms with Crippen LogP contribution in [0.25, 0.3) is 0 Å². The molecule has 0 aromatic rings. The maximum absolute atomic E-state index is 11.8. The highest BCUT2D eigenvalue weighted by Crippen LogP contribution is 2.20. The van der Waals surface area contributed by atoms with Crippen molar-refractivity contribution in [1.82, 2.24) is 9.80 Å². The average Bonchev–Trinajstić information content (AvgIpc) is 2.64. The summed E-state index contributed by atoms with van der Waals surface area (Å²) in [7, 11) is 5.45. The van der Waals surface area contributed by atoms with Crippen molar-refractivity contribution in [3.63, 3.8) is 0 Å². The molecule has 1 rings (SSSR count). The lowest BCUT2D eigenvalue weighted by atomic mass is 10.2. The van der Waals surface area contributed by atoms with Gasteiger partial charge in [0.1, 0.15) is 0 Å². The highest BCUT2D eigenvalue weighted by molar-refractivity contribution is 8.69. The van der Waals surface area contributed by atoms with Crippen LogP contribution in [0, 0.1) is 0 Å². The number of carbonyl (C=O) groups excluding carboxylic acids is 1. The lowest BCUT2D eigenvalue weighted by Gasteiger charge is -2.22. The lowest BCUT2D eigenvalue weighted by molar-refractivity contribution is -0.129. The first kappa shape index (κ1) is 12.2. The number of hydrogen-bond donors (Lipinski definition) is 1. The quantitative estimate of drug-likeness (QED) is 0.585. The minimum Gasteiger partial charge on any atom is -0.340 e. The molecular weight excluding hydrogens is 216 g/mol. The van der Waals surface area contributed by atoms with Gasteiger partial charge < -0.3 is 9.80 Å². The number of likely N-dealkylation sites (tertiary alicyclic amines) is 1. The van der Waals surface area contributed by atoms with Crippen molar-refractivity contribution in [2.75, 3.05) is 27.2 Å². The molecule has 1 saturated heterocycles. The van der Waals surface area contributed by atoms with Gasteiger partial charge in [0.2, 0.25) is 5.91 Å². The zero-order valence-electron chi connectivity index (χ0n) is 8.93. The first-order valence-electron chi connectivity index (χ1n) is 4.81. The molecule has 0 radical (unpaired) electrons. The Labute approximate surface area is 95.0 Å². The highest BCUT2D eigenvalue weighted by atomic mass is 33.1. The van der Waals surface area contributed by atoms with E-state index in [4.69, 9.17) is 0 Å². The normalized spacial score (nSPS) is 24.4. The van der Waals surface area contributed by atoms with Crippen molar-refractivity contribution in [3.05, 3.63) is 0 Å². The summed E-state index contributed by atoms with van der Waals surface area (Å²) in [6.07, 6.45) is 1.09. The zero-order chi connectivity index (χ0) is 10.7. The summed E-state index contributed by atoms with van der Waals surface area (Å²) in [5.74, 6) is 0.217. The monoisotopic (exact) mass is 234 g/mol. The Morgan fingerprint density at radius 1 is 1.64 bits per heavy atom. The molecule has 1 fully saturated rings. The summed E-state index contributed by atoms with van der Waals surface area (Å²) >= 11 is 4.07. The van der Waals surface area contributed by atoms with Gasteiger partial charge in [-0.3, -0.25) is 4.79 Å². The molecule has 0 aromatic heterocycles. The summed E-state index contributed by atoms with van der Waals surface area (Å²) < 4.78 is 0. The fourth-order valence-corrected chi connectivity index (χ4v) is 2.18. The van der Waals surface area contributed by atoms with Crippen molar-refractivity contribution in [2.45, 2.75) is 24.6 Å². The van der Waals surface area contributed by atoms with Crippen molar-refractivity contribution in [1.29, 1.82) is 0 Å². The van der Waals surface area contributed by atoms with Crippen molar-refractivity contribution < 1.29 is 4.79 Å². The molecule has 2 unspecified atom stereocenters. The van der Waals surface area contributed by atoms with Crippen LogP contribution in [0.3, 0.4) is 0 Å². The standard InChI is InChI=1S/C9H18N2OS2/c1-7(14-13)9(12)11-5-4-8(6-11)10(2)3/h7-8,13H,4-6H2,1-3H3. The van der Waals surface area contributed by atoms with Gasteiger partial charge in [0.15, 0.2) is 0 Å². The molecule has 82 valence electrons. The Balaban J connectivity index is 2.45. The van der Waals surface area contributed by atoms with Crippen LogP contribution in [0.5, 0.6) is 0 Å². The van der Waals surface area contributed by atoms with E-state index in [0.717, 1.165) is 19.5 Å². The van der Waals surface area contributed by atoms with E-state index >= 15 is 0 Å². The average molecular weight is 234 g/mol. The topological polar surface area (TPSA) is 23.6 Å². The van der Waals surface area contributed by atoms with Gasteiger partial charge in [-0.25, -0.2) is 0 Å². The Bertz CT molecular complexity index is 211. The Morgan fingerprint density at radius 3 is 2.71 bits per heavy atom. The highest BCUT2D eigenvalue weighted by Gasteiger charge is 2.29. The van der Waals surface area contributed by atoms with Gasteiger partial charge in [-0.1, -0.05) is 10.8 Å². The molecule has 1 amide bonds. The third kappa shape index (κ3) is 2.81. The summed E-state index contributed by atoms with van der Waals surface area (Å²) in [5.41, 5.74) is 0. The summed E-state index contributed by atoms with van der Waals surface area (Å²) in [6, 6.07) is 0.524. The lowest BCUT2D eigenvalue weighted by Crippen LogP contribution is -2.37. The van der Waals surface area contributed by atoms with Gasteiger partial charge in [-0.15, -0.1) is 11.7 Å². The van der Waals surface area contributed by atoms with Crippen LogP contribution in [-0.4, -0.2) is 54.2 Å². The third-order valence-corrected chi connectivity index (χ3v) is 4.18. The summed E-state index contributed by atoms with van der Waals surface area (Å²) in [4.78, 5) is 15.9. The zero-order valence-corrected chi connectivity index (χ0v) is 10.6. The predicted molar refractivity (Wildman–Crippen MR) is 64.7 cm³/mol. The fraction of sp³-hybridized carbons (Fsp3) is 0.889. The summed E-state index contributed by atoms with van der Waals surface area (Å²) in [5, 5.41) is -0.0285. The molecule has 0 spiro atoms. The van der Waals surface area contributed by atoms with E-state index in [9.17, 15) is 4.79 Å². The van der Waals surface area contributed by atoms with E-state index in [0.29, 0.717) is 6.04 Å². The van der Waals surface area contributed by atoms with E-state index in [-0.39, 0.29) is 11.2 Å². The van der Waals surface area contributed by atoms with Gasteiger partial charge in [-0.05, 0) is 27.4 Å². The SMILES string of the molecule is CC(SS)C(=O)N1CCC(N(C)C)C1. The number of thiol groups is 1. The Kier molecular flexibility index (Phi) is 4.60. The maximum Gasteiger partial charge on any atom is 0.236 e. The second-order valence-corrected chi connectivity index (χ2v) is 5.49. The number of carbonyl (C=O) groups is 1. The van der Waals surface area contributed by atoms with Gasteiger partial charge in [0.05, 0.1) is 5.25 Å². The van der Waals surface area contributed by atoms with Gasteiger partial charge in [0, 0.05) is 19.1 Å². The number of rotatable bonds is 3. The van der Waals surface area contributed by atoms with Crippen LogP contribution in [0.2, 0.25) is 0 Å². The van der Waals surface area contributed by atoms with Crippen molar-refractivity contribution in [2.24, 2.45) is 0 Å². The Hall–Kier alpha value is 0.130. The van der Waals surface area contributed by atoms with Crippen LogP contribution < -0.4 is 0 Å². The second kappa shape index (κ2) is 5.28. The molecule has 0 aromatic carbocycles. The summed E-state index contributed by atoms with van der Waals surface area (Å²) in [6.45, 7) is 3.66. The van der Waals surface area contributed by atoms with Crippen molar-refractivity contribution in [3.8, 4) is 0 Å². The molecular formula is C9H18N2OS2. The molecule has 1 aliphatic heterocycles. The van der Waals surface area contributed by atoms with E-state index in [1.54, 1.807) is 0 Å². The van der Waals surface area contributed by atoms with Crippen LogP contribution in [-0.2, 0) is 4.79 Å². The molecule has 5 heteroatoms. The van der Waals surface area contributed by atoms with E-state index < -0.39 is 0 Å². The molecule has 0 saturated carbocycles. The minimum absolute atomic E-state index is 0.0285. The second-order valence-electron chi connectivity index (χ2n) is 3.94. The number of amides is 1. The number of nitrogens with zero attached hydrogens (tertiary/aromatic N) is 2. The fourth-order valence-electron chi connectivity index (χ4n) is 1.67.